The van der Waals surface area contributed by atoms with Crippen molar-refractivity contribution in [1.82, 2.24) is 4.90 Å². The number of benzene rings is 1. The highest BCUT2D eigenvalue weighted by Crippen LogP contribution is 2.26. The van der Waals surface area contributed by atoms with Crippen molar-refractivity contribution in [3.05, 3.63) is 29.6 Å². The molecule has 1 fully saturated rings. The van der Waals surface area contributed by atoms with Gasteiger partial charge in [0.25, 0.3) is 5.91 Å². The standard InChI is InChI=1S/C14H16FNO4/c1-2-20-14(19)10-6-4-8-16(10)13(18)12-9(15)5-3-7-11(12)17/h3,5,7,10,17H,2,4,6,8H2,1H3. The number of hydrogen-bond acceptors (Lipinski definition) is 4. The first-order chi connectivity index (χ1) is 9.56. The summed E-state index contributed by atoms with van der Waals surface area (Å²) in [6.45, 7) is 2.25. The smallest absolute Gasteiger partial charge is 0.328 e. The second-order valence-electron chi connectivity index (χ2n) is 4.54. The van der Waals surface area contributed by atoms with E-state index in [1.807, 2.05) is 0 Å². The molecule has 1 N–H and O–H groups in total. The molecule has 0 spiro atoms. The summed E-state index contributed by atoms with van der Waals surface area (Å²) in [5.74, 6) is -2.40. The normalized spacial score (nSPS) is 18.1. The summed E-state index contributed by atoms with van der Waals surface area (Å²) >= 11 is 0. The van der Waals surface area contributed by atoms with Gasteiger partial charge in [-0.05, 0) is 31.9 Å². The fourth-order valence-corrected chi connectivity index (χ4v) is 2.36. The Hall–Kier alpha value is -2.11. The van der Waals surface area contributed by atoms with E-state index in [0.717, 1.165) is 6.07 Å². The Bertz CT molecular complexity index is 512. The quantitative estimate of drug-likeness (QED) is 0.856. The molecular formula is C14H16FNO4. The minimum atomic E-state index is -0.801. The monoisotopic (exact) mass is 281 g/mol. The van der Waals surface area contributed by atoms with E-state index in [0.29, 0.717) is 19.4 Å². The van der Waals surface area contributed by atoms with E-state index >= 15 is 0 Å². The number of carbonyl (C=O) groups excluding carboxylic acids is 2. The summed E-state index contributed by atoms with van der Waals surface area (Å²) in [4.78, 5) is 25.4. The molecule has 1 unspecified atom stereocenters. The lowest BCUT2D eigenvalue weighted by molar-refractivity contribution is -0.147. The predicted octanol–water partition coefficient (Wildman–Crippen LogP) is 1.70. The van der Waals surface area contributed by atoms with Crippen LogP contribution in [0.3, 0.4) is 0 Å². The van der Waals surface area contributed by atoms with E-state index in [9.17, 15) is 19.1 Å². The molecule has 1 amide bonds. The van der Waals surface area contributed by atoms with Crippen molar-refractivity contribution in [1.29, 1.82) is 0 Å². The molecule has 20 heavy (non-hydrogen) atoms. The van der Waals surface area contributed by atoms with Gasteiger partial charge in [0.05, 0.1) is 6.61 Å². The SMILES string of the molecule is CCOC(=O)C1CCCN1C(=O)c1c(O)cccc1F. The maximum atomic E-state index is 13.7. The first-order valence-corrected chi connectivity index (χ1v) is 6.51. The fraction of sp³-hybridized carbons (Fsp3) is 0.429. The van der Waals surface area contributed by atoms with Gasteiger partial charge in [-0.1, -0.05) is 6.07 Å². The number of phenolic OH excluding ortho intramolecular Hbond substituents is 1. The molecule has 1 heterocycles. The number of carbonyl (C=O) groups is 2. The van der Waals surface area contributed by atoms with Crippen LogP contribution in [0, 0.1) is 5.82 Å². The second-order valence-corrected chi connectivity index (χ2v) is 4.54. The van der Waals surface area contributed by atoms with Gasteiger partial charge in [0.2, 0.25) is 0 Å². The molecule has 1 aliphatic rings. The second kappa shape index (κ2) is 5.90. The van der Waals surface area contributed by atoms with Crippen LogP contribution in [0.1, 0.15) is 30.1 Å². The summed E-state index contributed by atoms with van der Waals surface area (Å²) in [7, 11) is 0. The number of aromatic hydroxyl groups is 1. The lowest BCUT2D eigenvalue weighted by atomic mass is 10.1. The number of phenols is 1. The summed E-state index contributed by atoms with van der Waals surface area (Å²) < 4.78 is 18.6. The minimum absolute atomic E-state index is 0.225. The summed E-state index contributed by atoms with van der Waals surface area (Å²) in [5.41, 5.74) is -0.399. The van der Waals surface area contributed by atoms with Gasteiger partial charge < -0.3 is 14.7 Å². The number of hydrogen-bond donors (Lipinski definition) is 1. The Morgan fingerprint density at radius 1 is 1.50 bits per heavy atom. The highest BCUT2D eigenvalue weighted by atomic mass is 19.1. The molecule has 0 aliphatic carbocycles. The van der Waals surface area contributed by atoms with Gasteiger partial charge in [-0.15, -0.1) is 0 Å². The number of ether oxygens (including phenoxy) is 1. The molecule has 6 heteroatoms. The molecule has 2 rings (SSSR count). The largest absolute Gasteiger partial charge is 0.507 e. The Morgan fingerprint density at radius 3 is 2.90 bits per heavy atom. The van der Waals surface area contributed by atoms with Crippen molar-refractivity contribution < 1.29 is 23.8 Å². The number of nitrogens with zero attached hydrogens (tertiary/aromatic N) is 1. The Kier molecular flexibility index (Phi) is 4.22. The van der Waals surface area contributed by atoms with Gasteiger partial charge in [-0.3, -0.25) is 4.79 Å². The molecule has 0 saturated carbocycles. The van der Waals surface area contributed by atoms with Gasteiger partial charge in [0, 0.05) is 6.54 Å². The number of halogens is 1. The van der Waals surface area contributed by atoms with Crippen molar-refractivity contribution in [2.45, 2.75) is 25.8 Å². The van der Waals surface area contributed by atoms with Gasteiger partial charge in [-0.2, -0.15) is 0 Å². The Balaban J connectivity index is 2.26. The van der Waals surface area contributed by atoms with Crippen LogP contribution in [0.5, 0.6) is 5.75 Å². The van der Waals surface area contributed by atoms with Gasteiger partial charge >= 0.3 is 5.97 Å². The number of esters is 1. The average molecular weight is 281 g/mol. The highest BCUT2D eigenvalue weighted by Gasteiger charge is 2.37. The summed E-state index contributed by atoms with van der Waals surface area (Å²) in [6, 6.07) is 2.95. The Labute approximate surface area is 116 Å². The van der Waals surface area contributed by atoms with Gasteiger partial charge in [0.15, 0.2) is 0 Å². The highest BCUT2D eigenvalue weighted by molar-refractivity contribution is 5.99. The molecule has 0 aromatic heterocycles. The minimum Gasteiger partial charge on any atom is -0.507 e. The summed E-state index contributed by atoms with van der Waals surface area (Å²) in [6.07, 6.45) is 1.13. The van der Waals surface area contributed by atoms with Crippen LogP contribution >= 0.6 is 0 Å². The molecule has 1 saturated heterocycles. The molecule has 108 valence electrons. The van der Waals surface area contributed by atoms with Gasteiger partial charge in [0.1, 0.15) is 23.2 Å². The molecule has 1 aliphatic heterocycles. The first-order valence-electron chi connectivity index (χ1n) is 6.51. The summed E-state index contributed by atoms with van der Waals surface area (Å²) in [5, 5.41) is 9.65. The maximum absolute atomic E-state index is 13.7. The maximum Gasteiger partial charge on any atom is 0.328 e. The van der Waals surface area contributed by atoms with Crippen molar-refractivity contribution in [2.75, 3.05) is 13.2 Å². The van der Waals surface area contributed by atoms with Crippen molar-refractivity contribution in [3.63, 3.8) is 0 Å². The fourth-order valence-electron chi connectivity index (χ4n) is 2.36. The van der Waals surface area contributed by atoms with Crippen LogP contribution in [0.4, 0.5) is 4.39 Å². The average Bonchev–Trinajstić information content (AvgIpc) is 2.87. The third-order valence-electron chi connectivity index (χ3n) is 3.28. The Morgan fingerprint density at radius 2 is 2.25 bits per heavy atom. The number of rotatable bonds is 3. The van der Waals surface area contributed by atoms with Crippen molar-refractivity contribution in [2.24, 2.45) is 0 Å². The molecule has 0 bridgehead atoms. The van der Waals surface area contributed by atoms with Crippen molar-refractivity contribution in [3.8, 4) is 5.75 Å². The predicted molar refractivity (Wildman–Crippen MR) is 68.8 cm³/mol. The van der Waals surface area contributed by atoms with Gasteiger partial charge in [-0.25, -0.2) is 9.18 Å². The lowest BCUT2D eigenvalue weighted by Crippen LogP contribution is -2.41. The van der Waals surface area contributed by atoms with Crippen LogP contribution in [0.25, 0.3) is 0 Å². The van der Waals surface area contributed by atoms with Crippen LogP contribution in [-0.4, -0.2) is 41.1 Å². The molecular weight excluding hydrogens is 265 g/mol. The van der Waals surface area contributed by atoms with E-state index in [1.165, 1.54) is 17.0 Å². The molecule has 1 aromatic rings. The molecule has 5 nitrogen and oxygen atoms in total. The van der Waals surface area contributed by atoms with Crippen LogP contribution in [0.2, 0.25) is 0 Å². The molecule has 0 radical (unpaired) electrons. The van der Waals surface area contributed by atoms with E-state index in [-0.39, 0.29) is 6.61 Å². The van der Waals surface area contributed by atoms with Crippen molar-refractivity contribution >= 4 is 11.9 Å². The van der Waals surface area contributed by atoms with E-state index < -0.39 is 35.0 Å². The lowest BCUT2D eigenvalue weighted by Gasteiger charge is -2.23. The van der Waals surface area contributed by atoms with Crippen LogP contribution in [0.15, 0.2) is 18.2 Å². The topological polar surface area (TPSA) is 66.8 Å². The molecule has 1 atom stereocenters. The zero-order chi connectivity index (χ0) is 14.7. The number of likely N-dealkylation sites (tertiary alicyclic amines) is 1. The van der Waals surface area contributed by atoms with E-state index in [2.05, 4.69) is 0 Å². The molecule has 1 aromatic carbocycles. The number of amides is 1. The zero-order valence-electron chi connectivity index (χ0n) is 11.1. The van der Waals surface area contributed by atoms with Crippen LogP contribution in [-0.2, 0) is 9.53 Å². The van der Waals surface area contributed by atoms with E-state index in [1.54, 1.807) is 6.92 Å². The zero-order valence-corrected chi connectivity index (χ0v) is 11.1. The first kappa shape index (κ1) is 14.3. The third-order valence-corrected chi connectivity index (χ3v) is 3.28. The van der Waals surface area contributed by atoms with Crippen LogP contribution < -0.4 is 0 Å². The third kappa shape index (κ3) is 2.59. The van der Waals surface area contributed by atoms with E-state index in [4.69, 9.17) is 4.74 Å².